The molecule has 174 valence electrons. The van der Waals surface area contributed by atoms with E-state index in [1.54, 1.807) is 0 Å². The highest BCUT2D eigenvalue weighted by Crippen LogP contribution is 2.38. The molecule has 1 amide bonds. The molecule has 0 unspecified atom stereocenters. The lowest BCUT2D eigenvalue weighted by Crippen LogP contribution is -2.49. The molecule has 10 heteroatoms. The molecule has 2 aromatic rings. The van der Waals surface area contributed by atoms with Crippen LogP contribution in [0.2, 0.25) is 5.02 Å². The number of hydrogen-bond acceptors (Lipinski definition) is 4. The SMILES string of the molecule is CS(=O)(=O)OCC[C@]1(c2ccc(F)c(F)c2)CCCN(C(=O)Cc2c(F)cccc2Cl)C1. The van der Waals surface area contributed by atoms with E-state index in [9.17, 15) is 26.4 Å². The Labute approximate surface area is 190 Å². The van der Waals surface area contributed by atoms with Gasteiger partial charge in [0.05, 0.1) is 19.3 Å². The van der Waals surface area contributed by atoms with Crippen LogP contribution in [0, 0.1) is 17.5 Å². The van der Waals surface area contributed by atoms with E-state index in [0.29, 0.717) is 24.9 Å². The molecule has 1 fully saturated rings. The summed E-state index contributed by atoms with van der Waals surface area (Å²) in [6.45, 7) is 0.332. The second-order valence-corrected chi connectivity index (χ2v) is 10.0. The van der Waals surface area contributed by atoms with E-state index < -0.39 is 33.0 Å². The number of carbonyl (C=O) groups excluding carboxylic acids is 1. The molecule has 5 nitrogen and oxygen atoms in total. The van der Waals surface area contributed by atoms with Gasteiger partial charge in [0.1, 0.15) is 5.82 Å². The van der Waals surface area contributed by atoms with Crippen molar-refractivity contribution in [2.24, 2.45) is 0 Å². The van der Waals surface area contributed by atoms with Gasteiger partial charge in [-0.05, 0) is 49.1 Å². The average Bonchev–Trinajstić information content (AvgIpc) is 2.72. The summed E-state index contributed by atoms with van der Waals surface area (Å²) >= 11 is 6.05. The van der Waals surface area contributed by atoms with Crippen molar-refractivity contribution < 1.29 is 30.6 Å². The van der Waals surface area contributed by atoms with E-state index in [1.165, 1.54) is 29.2 Å². The number of likely N-dealkylation sites (tertiary alicyclic amines) is 1. The monoisotopic (exact) mass is 489 g/mol. The standard InChI is InChI=1S/C22H23ClF3NO4S/c1-32(29,30)31-11-9-22(15-6-7-19(25)20(26)12-15)8-3-10-27(14-22)21(28)13-16-17(23)4-2-5-18(16)24/h2,4-7,12H,3,8-11,13-14H2,1H3/t22-/m1/s1. The summed E-state index contributed by atoms with van der Waals surface area (Å²) in [6.07, 6.45) is 1.88. The Balaban J connectivity index is 1.87. The minimum absolute atomic E-state index is 0.0866. The van der Waals surface area contributed by atoms with Crippen LogP contribution < -0.4 is 0 Å². The van der Waals surface area contributed by atoms with Gasteiger partial charge in [0, 0.05) is 29.1 Å². The van der Waals surface area contributed by atoms with Gasteiger partial charge in [0.15, 0.2) is 11.6 Å². The molecule has 32 heavy (non-hydrogen) atoms. The molecule has 2 aromatic carbocycles. The molecule has 1 aliphatic rings. The lowest BCUT2D eigenvalue weighted by molar-refractivity contribution is -0.133. The zero-order chi connectivity index (χ0) is 23.5. The molecule has 0 radical (unpaired) electrons. The highest BCUT2D eigenvalue weighted by molar-refractivity contribution is 7.85. The Hall–Kier alpha value is -2.10. The molecule has 0 saturated carbocycles. The van der Waals surface area contributed by atoms with Crippen LogP contribution in [0.3, 0.4) is 0 Å². The zero-order valence-corrected chi connectivity index (χ0v) is 19.0. The number of amides is 1. The normalized spacial score (nSPS) is 19.2. The van der Waals surface area contributed by atoms with Gasteiger partial charge in [-0.15, -0.1) is 0 Å². The summed E-state index contributed by atoms with van der Waals surface area (Å²) in [5.41, 5.74) is -0.329. The van der Waals surface area contributed by atoms with Gasteiger partial charge in [-0.3, -0.25) is 8.98 Å². The van der Waals surface area contributed by atoms with E-state index in [-0.39, 0.29) is 42.5 Å². The summed E-state index contributed by atoms with van der Waals surface area (Å²) in [5, 5.41) is 0.142. The Morgan fingerprint density at radius 1 is 1.16 bits per heavy atom. The highest BCUT2D eigenvalue weighted by Gasteiger charge is 2.39. The minimum Gasteiger partial charge on any atom is -0.342 e. The third-order valence-electron chi connectivity index (χ3n) is 5.73. The summed E-state index contributed by atoms with van der Waals surface area (Å²) in [6, 6.07) is 7.67. The van der Waals surface area contributed by atoms with Crippen LogP contribution in [0.5, 0.6) is 0 Å². The third kappa shape index (κ3) is 5.82. The number of benzene rings is 2. The number of carbonyl (C=O) groups is 1. The van der Waals surface area contributed by atoms with Gasteiger partial charge in [-0.25, -0.2) is 13.2 Å². The summed E-state index contributed by atoms with van der Waals surface area (Å²) in [4.78, 5) is 14.5. The second-order valence-electron chi connectivity index (χ2n) is 7.98. The number of nitrogens with zero attached hydrogens (tertiary/aromatic N) is 1. The Morgan fingerprint density at radius 2 is 1.91 bits per heavy atom. The molecule has 0 N–H and O–H groups in total. The molecular weight excluding hydrogens is 467 g/mol. The van der Waals surface area contributed by atoms with Crippen molar-refractivity contribution in [1.29, 1.82) is 0 Å². The predicted octanol–water partition coefficient (Wildman–Crippen LogP) is 4.23. The van der Waals surface area contributed by atoms with Crippen LogP contribution in [0.15, 0.2) is 36.4 Å². The molecule has 1 heterocycles. The van der Waals surface area contributed by atoms with Crippen LogP contribution in [-0.4, -0.2) is 45.2 Å². The van der Waals surface area contributed by atoms with E-state index >= 15 is 0 Å². The van der Waals surface area contributed by atoms with Crippen molar-refractivity contribution in [1.82, 2.24) is 4.90 Å². The minimum atomic E-state index is -3.70. The fourth-order valence-corrected chi connectivity index (χ4v) is 4.72. The van der Waals surface area contributed by atoms with Crippen molar-refractivity contribution in [2.45, 2.75) is 31.1 Å². The fraction of sp³-hybridized carbons (Fsp3) is 0.409. The van der Waals surface area contributed by atoms with Crippen molar-refractivity contribution >= 4 is 27.6 Å². The molecule has 0 aliphatic carbocycles. The van der Waals surface area contributed by atoms with Crippen molar-refractivity contribution in [3.63, 3.8) is 0 Å². The molecule has 1 aliphatic heterocycles. The predicted molar refractivity (Wildman–Crippen MR) is 114 cm³/mol. The first-order valence-corrected chi connectivity index (χ1v) is 12.2. The van der Waals surface area contributed by atoms with Gasteiger partial charge in [-0.2, -0.15) is 8.42 Å². The van der Waals surface area contributed by atoms with Crippen LogP contribution in [-0.2, 0) is 30.9 Å². The first kappa shape index (κ1) is 24.5. The number of rotatable bonds is 7. The first-order chi connectivity index (χ1) is 15.0. The largest absolute Gasteiger partial charge is 0.342 e. The zero-order valence-electron chi connectivity index (χ0n) is 17.4. The van der Waals surface area contributed by atoms with Gasteiger partial charge < -0.3 is 4.90 Å². The molecule has 1 saturated heterocycles. The second kappa shape index (κ2) is 9.80. The molecule has 0 spiro atoms. The molecule has 1 atom stereocenters. The summed E-state index contributed by atoms with van der Waals surface area (Å²) in [7, 11) is -3.70. The number of piperidine rings is 1. The van der Waals surface area contributed by atoms with E-state index in [2.05, 4.69) is 0 Å². The average molecular weight is 490 g/mol. The van der Waals surface area contributed by atoms with E-state index in [0.717, 1.165) is 18.4 Å². The van der Waals surface area contributed by atoms with Gasteiger partial charge in [0.2, 0.25) is 5.91 Å². The van der Waals surface area contributed by atoms with E-state index in [1.807, 2.05) is 0 Å². The lowest BCUT2D eigenvalue weighted by Gasteiger charge is -2.43. The van der Waals surface area contributed by atoms with Gasteiger partial charge in [0.25, 0.3) is 10.1 Å². The summed E-state index contributed by atoms with van der Waals surface area (Å²) < 4.78 is 69.4. The molecule has 0 aromatic heterocycles. The van der Waals surface area contributed by atoms with Crippen LogP contribution in [0.1, 0.15) is 30.4 Å². The lowest BCUT2D eigenvalue weighted by atomic mass is 9.71. The van der Waals surface area contributed by atoms with Crippen molar-refractivity contribution in [2.75, 3.05) is 26.0 Å². The quantitative estimate of drug-likeness (QED) is 0.546. The van der Waals surface area contributed by atoms with E-state index in [4.69, 9.17) is 15.8 Å². The van der Waals surface area contributed by atoms with Crippen LogP contribution in [0.25, 0.3) is 0 Å². The van der Waals surface area contributed by atoms with Crippen molar-refractivity contribution in [3.05, 3.63) is 70.0 Å². The fourth-order valence-electron chi connectivity index (χ4n) is 4.11. The van der Waals surface area contributed by atoms with Crippen molar-refractivity contribution in [3.8, 4) is 0 Å². The molecule has 0 bridgehead atoms. The number of hydrogen-bond donors (Lipinski definition) is 0. The highest BCUT2D eigenvalue weighted by atomic mass is 35.5. The maximum atomic E-state index is 14.1. The van der Waals surface area contributed by atoms with Gasteiger partial charge >= 0.3 is 0 Å². The molecule has 3 rings (SSSR count). The van der Waals surface area contributed by atoms with Crippen LogP contribution >= 0.6 is 11.6 Å². The smallest absolute Gasteiger partial charge is 0.264 e. The van der Waals surface area contributed by atoms with Gasteiger partial charge in [-0.1, -0.05) is 23.7 Å². The topological polar surface area (TPSA) is 63.7 Å². The summed E-state index contributed by atoms with van der Waals surface area (Å²) in [5.74, 6) is -2.99. The maximum Gasteiger partial charge on any atom is 0.264 e. The first-order valence-electron chi connectivity index (χ1n) is 10.0. The number of halogens is 4. The Morgan fingerprint density at radius 3 is 2.56 bits per heavy atom. The van der Waals surface area contributed by atoms with Crippen LogP contribution in [0.4, 0.5) is 13.2 Å². The maximum absolute atomic E-state index is 14.1. The third-order valence-corrected chi connectivity index (χ3v) is 6.68. The Kier molecular flexibility index (Phi) is 7.52. The molecular formula is C22H23ClF3NO4S. The Bertz CT molecular complexity index is 1090.